The molecule has 0 amide bonds. The van der Waals surface area contributed by atoms with Crippen LogP contribution in [0.2, 0.25) is 0 Å². The summed E-state index contributed by atoms with van der Waals surface area (Å²) in [7, 11) is 3.03. The van der Waals surface area contributed by atoms with Gasteiger partial charge in [0.1, 0.15) is 0 Å². The first-order chi connectivity index (χ1) is 12.0. The number of hydrogen-bond acceptors (Lipinski definition) is 5. The lowest BCUT2D eigenvalue weighted by Crippen LogP contribution is -2.22. The Morgan fingerprint density at radius 1 is 1.20 bits per heavy atom. The smallest absolute Gasteiger partial charge is 0.195 e. The molecule has 0 aromatic heterocycles. The summed E-state index contributed by atoms with van der Waals surface area (Å²) < 4.78 is 11.5. The molecule has 2 aromatic carbocycles. The normalized spacial score (nSPS) is 11.7. The van der Waals surface area contributed by atoms with Crippen molar-refractivity contribution in [1.82, 2.24) is 0 Å². The van der Waals surface area contributed by atoms with Gasteiger partial charge in [0, 0.05) is 33.9 Å². The second-order valence-corrected chi connectivity index (χ2v) is 6.50. The van der Waals surface area contributed by atoms with E-state index < -0.39 is 6.10 Å². The molecule has 0 saturated heterocycles. The Morgan fingerprint density at radius 2 is 1.80 bits per heavy atom. The Bertz CT molecular complexity index is 737. The zero-order valence-corrected chi connectivity index (χ0v) is 16.2. The molecule has 5 nitrogen and oxygen atoms in total. The number of carbonyl (C=O) groups is 1. The molecular weight excluding hydrogens is 410 g/mol. The maximum atomic E-state index is 12.9. The summed E-state index contributed by atoms with van der Waals surface area (Å²) in [6, 6.07) is 10.4. The summed E-state index contributed by atoms with van der Waals surface area (Å²) in [5.41, 5.74) is 1.49. The minimum absolute atomic E-state index is 0.0935. The largest absolute Gasteiger partial charge is 0.493 e. The highest BCUT2D eigenvalue weighted by molar-refractivity contribution is 9.10. The second-order valence-electron chi connectivity index (χ2n) is 5.28. The summed E-state index contributed by atoms with van der Waals surface area (Å²) in [5.74, 6) is 0.858. The van der Waals surface area contributed by atoms with Crippen molar-refractivity contribution in [2.75, 3.05) is 32.0 Å². The van der Waals surface area contributed by atoms with Crippen LogP contribution >= 0.6 is 27.5 Å². The van der Waals surface area contributed by atoms with Gasteiger partial charge < -0.3 is 19.9 Å². The van der Waals surface area contributed by atoms with Gasteiger partial charge in [-0.15, -0.1) is 11.6 Å². The van der Waals surface area contributed by atoms with E-state index in [0.29, 0.717) is 28.3 Å². The van der Waals surface area contributed by atoms with Crippen molar-refractivity contribution in [1.29, 1.82) is 0 Å². The maximum absolute atomic E-state index is 12.9. The van der Waals surface area contributed by atoms with Gasteiger partial charge in [-0.1, -0.05) is 15.9 Å². The molecule has 0 radical (unpaired) electrons. The number of halogens is 2. The molecule has 0 fully saturated rings. The molecule has 2 N–H and O–H groups in total. The fourth-order valence-electron chi connectivity index (χ4n) is 2.25. The first-order valence-electron chi connectivity index (χ1n) is 7.54. The SMILES string of the molecule is COc1cc(NCC(O)CCl)c(C(=O)c2ccc(Br)cc2)cc1OC. The summed E-state index contributed by atoms with van der Waals surface area (Å²) >= 11 is 8.99. The van der Waals surface area contributed by atoms with Crippen LogP contribution in [-0.4, -0.2) is 43.6 Å². The third kappa shape index (κ3) is 4.87. The third-order valence-corrected chi connectivity index (χ3v) is 4.47. The van der Waals surface area contributed by atoms with E-state index in [1.54, 1.807) is 36.4 Å². The van der Waals surface area contributed by atoms with Gasteiger partial charge in [-0.25, -0.2) is 0 Å². The highest BCUT2D eigenvalue weighted by atomic mass is 79.9. The Morgan fingerprint density at radius 3 is 2.36 bits per heavy atom. The number of methoxy groups -OCH3 is 2. The molecule has 134 valence electrons. The minimum Gasteiger partial charge on any atom is -0.493 e. The average molecular weight is 429 g/mol. The number of aliphatic hydroxyl groups is 1. The molecular formula is C18H19BrClNO4. The predicted molar refractivity (Wildman–Crippen MR) is 102 cm³/mol. The molecule has 0 aliphatic carbocycles. The van der Waals surface area contributed by atoms with E-state index >= 15 is 0 Å². The lowest BCUT2D eigenvalue weighted by Gasteiger charge is -2.17. The highest BCUT2D eigenvalue weighted by Crippen LogP contribution is 2.34. The van der Waals surface area contributed by atoms with E-state index in [9.17, 15) is 9.90 Å². The van der Waals surface area contributed by atoms with Crippen LogP contribution < -0.4 is 14.8 Å². The molecule has 0 aliphatic rings. The molecule has 7 heteroatoms. The van der Waals surface area contributed by atoms with Crippen molar-refractivity contribution >= 4 is 39.0 Å². The van der Waals surface area contributed by atoms with Crippen LogP contribution in [0.15, 0.2) is 40.9 Å². The third-order valence-electron chi connectivity index (χ3n) is 3.58. The average Bonchev–Trinajstić information content (AvgIpc) is 2.65. The quantitative estimate of drug-likeness (QED) is 0.495. The zero-order chi connectivity index (χ0) is 18.4. The van der Waals surface area contributed by atoms with Gasteiger partial charge in [-0.3, -0.25) is 4.79 Å². The van der Waals surface area contributed by atoms with E-state index in [-0.39, 0.29) is 18.2 Å². The molecule has 0 heterocycles. The first kappa shape index (κ1) is 19.6. The van der Waals surface area contributed by atoms with Crippen LogP contribution in [0.4, 0.5) is 5.69 Å². The number of rotatable bonds is 8. The lowest BCUT2D eigenvalue weighted by atomic mass is 10.0. The summed E-state index contributed by atoms with van der Waals surface area (Å²) in [6.07, 6.45) is -0.731. The van der Waals surface area contributed by atoms with Crippen LogP contribution in [0.3, 0.4) is 0 Å². The standard InChI is InChI=1S/C18H19BrClNO4/c1-24-16-7-14(18(23)11-3-5-12(19)6-4-11)15(8-17(16)25-2)21-10-13(22)9-20/h3-8,13,21-22H,9-10H2,1-2H3. The maximum Gasteiger partial charge on any atom is 0.195 e. The van der Waals surface area contributed by atoms with Gasteiger partial charge in [0.2, 0.25) is 0 Å². The van der Waals surface area contributed by atoms with Crippen molar-refractivity contribution in [3.8, 4) is 11.5 Å². The summed E-state index contributed by atoms with van der Waals surface area (Å²) in [4.78, 5) is 12.9. The van der Waals surface area contributed by atoms with Crippen molar-refractivity contribution in [3.63, 3.8) is 0 Å². The number of nitrogens with one attached hydrogen (secondary N) is 1. The fourth-order valence-corrected chi connectivity index (χ4v) is 2.63. The molecule has 0 aliphatic heterocycles. The van der Waals surface area contributed by atoms with E-state index in [1.807, 2.05) is 0 Å². The number of aliphatic hydroxyl groups excluding tert-OH is 1. The van der Waals surface area contributed by atoms with Gasteiger partial charge in [0.25, 0.3) is 0 Å². The second kappa shape index (κ2) is 9.08. The zero-order valence-electron chi connectivity index (χ0n) is 13.9. The lowest BCUT2D eigenvalue weighted by molar-refractivity contribution is 0.103. The number of carbonyl (C=O) groups excluding carboxylic acids is 1. The molecule has 25 heavy (non-hydrogen) atoms. The Labute approximate surface area is 160 Å². The van der Waals surface area contributed by atoms with Crippen molar-refractivity contribution in [2.24, 2.45) is 0 Å². The Hall–Kier alpha value is -1.76. The first-order valence-corrected chi connectivity index (χ1v) is 8.87. The minimum atomic E-state index is -0.731. The fraction of sp³-hybridized carbons (Fsp3) is 0.278. The molecule has 2 aromatic rings. The van der Waals surface area contributed by atoms with Crippen molar-refractivity contribution in [3.05, 3.63) is 52.0 Å². The van der Waals surface area contributed by atoms with Gasteiger partial charge in [-0.05, 0) is 30.3 Å². The molecule has 1 unspecified atom stereocenters. The van der Waals surface area contributed by atoms with Crippen molar-refractivity contribution in [2.45, 2.75) is 6.10 Å². The number of benzene rings is 2. The Kier molecular flexibility index (Phi) is 7.11. The highest BCUT2D eigenvalue weighted by Gasteiger charge is 2.19. The number of anilines is 1. The van der Waals surface area contributed by atoms with Gasteiger partial charge >= 0.3 is 0 Å². The topological polar surface area (TPSA) is 67.8 Å². The van der Waals surface area contributed by atoms with Crippen LogP contribution in [-0.2, 0) is 0 Å². The van der Waals surface area contributed by atoms with Crippen molar-refractivity contribution < 1.29 is 19.4 Å². The molecule has 0 bridgehead atoms. The van der Waals surface area contributed by atoms with Gasteiger partial charge in [0.15, 0.2) is 17.3 Å². The van der Waals surface area contributed by atoms with Crippen LogP contribution in [0.1, 0.15) is 15.9 Å². The van der Waals surface area contributed by atoms with E-state index in [2.05, 4.69) is 21.2 Å². The summed E-state index contributed by atoms with van der Waals surface area (Å²) in [6.45, 7) is 0.208. The number of alkyl halides is 1. The van der Waals surface area contributed by atoms with E-state index in [0.717, 1.165) is 4.47 Å². The monoisotopic (exact) mass is 427 g/mol. The predicted octanol–water partition coefficient (Wildman–Crippen LogP) is 3.71. The number of hydrogen-bond donors (Lipinski definition) is 2. The van der Waals surface area contributed by atoms with E-state index in [1.165, 1.54) is 14.2 Å². The van der Waals surface area contributed by atoms with E-state index in [4.69, 9.17) is 21.1 Å². The molecule has 1 atom stereocenters. The molecule has 0 saturated carbocycles. The molecule has 0 spiro atoms. The van der Waals surface area contributed by atoms with Crippen LogP contribution in [0.25, 0.3) is 0 Å². The van der Waals surface area contributed by atoms with Crippen LogP contribution in [0, 0.1) is 0 Å². The van der Waals surface area contributed by atoms with Gasteiger partial charge in [0.05, 0.1) is 26.2 Å². The summed E-state index contributed by atoms with van der Waals surface area (Å²) in [5, 5.41) is 12.7. The van der Waals surface area contributed by atoms with Gasteiger partial charge in [-0.2, -0.15) is 0 Å². The van der Waals surface area contributed by atoms with Crippen LogP contribution in [0.5, 0.6) is 11.5 Å². The number of ether oxygens (including phenoxy) is 2. The Balaban J connectivity index is 2.44. The molecule has 2 rings (SSSR count). The number of ketones is 1.